The first-order valence-corrected chi connectivity index (χ1v) is 4.45. The third kappa shape index (κ3) is 3.16. The number of likely N-dealkylation sites (N-methyl/N-ethyl adjacent to an activating group) is 2. The first kappa shape index (κ1) is 10.2. The number of rotatable bonds is 4. The van der Waals surface area contributed by atoms with E-state index in [0.29, 0.717) is 11.0 Å². The standard InChI is InChI=1S/C8H13ClN4/c1-10-3-4-13(2)8-11-5-7(9)6-12-8/h5-6,10H,3-4H2,1-2H3. The van der Waals surface area contributed by atoms with Crippen LogP contribution in [0.25, 0.3) is 0 Å². The van der Waals surface area contributed by atoms with Crippen LogP contribution in [-0.4, -0.2) is 37.2 Å². The first-order valence-electron chi connectivity index (χ1n) is 4.07. The summed E-state index contributed by atoms with van der Waals surface area (Å²) >= 11 is 5.66. The van der Waals surface area contributed by atoms with Gasteiger partial charge in [-0.25, -0.2) is 9.97 Å². The third-order valence-corrected chi connectivity index (χ3v) is 1.84. The van der Waals surface area contributed by atoms with Crippen molar-refractivity contribution in [3.63, 3.8) is 0 Å². The van der Waals surface area contributed by atoms with Crippen LogP contribution in [0.15, 0.2) is 12.4 Å². The number of anilines is 1. The van der Waals surface area contributed by atoms with Crippen LogP contribution in [0.5, 0.6) is 0 Å². The maximum absolute atomic E-state index is 5.66. The highest BCUT2D eigenvalue weighted by molar-refractivity contribution is 6.30. The molecule has 0 aliphatic rings. The normalized spacial score (nSPS) is 10.1. The molecular weight excluding hydrogens is 188 g/mol. The SMILES string of the molecule is CNCCN(C)c1ncc(Cl)cn1. The number of aromatic nitrogens is 2. The van der Waals surface area contributed by atoms with Gasteiger partial charge in [0.25, 0.3) is 0 Å². The molecule has 0 saturated carbocycles. The van der Waals surface area contributed by atoms with Crippen LogP contribution in [-0.2, 0) is 0 Å². The van der Waals surface area contributed by atoms with E-state index in [1.807, 2.05) is 19.0 Å². The van der Waals surface area contributed by atoms with Crippen molar-refractivity contribution in [3.8, 4) is 0 Å². The van der Waals surface area contributed by atoms with Crippen LogP contribution >= 0.6 is 11.6 Å². The summed E-state index contributed by atoms with van der Waals surface area (Å²) in [6.07, 6.45) is 3.19. The van der Waals surface area contributed by atoms with Crippen molar-refractivity contribution in [2.24, 2.45) is 0 Å². The molecule has 0 amide bonds. The number of halogens is 1. The van der Waals surface area contributed by atoms with Crippen LogP contribution in [0.2, 0.25) is 5.02 Å². The maximum atomic E-state index is 5.66. The molecule has 1 heterocycles. The van der Waals surface area contributed by atoms with Crippen LogP contribution < -0.4 is 10.2 Å². The van der Waals surface area contributed by atoms with Crippen molar-refractivity contribution < 1.29 is 0 Å². The van der Waals surface area contributed by atoms with E-state index < -0.39 is 0 Å². The van der Waals surface area contributed by atoms with Gasteiger partial charge in [0.1, 0.15) is 0 Å². The number of nitrogens with one attached hydrogen (secondary N) is 1. The summed E-state index contributed by atoms with van der Waals surface area (Å²) in [4.78, 5) is 10.1. The molecule has 0 aromatic carbocycles. The van der Waals surface area contributed by atoms with Crippen molar-refractivity contribution in [1.82, 2.24) is 15.3 Å². The van der Waals surface area contributed by atoms with Crippen LogP contribution in [0.1, 0.15) is 0 Å². The van der Waals surface area contributed by atoms with Crippen molar-refractivity contribution in [2.75, 3.05) is 32.1 Å². The van der Waals surface area contributed by atoms with E-state index in [-0.39, 0.29) is 0 Å². The predicted molar refractivity (Wildman–Crippen MR) is 54.2 cm³/mol. The molecule has 0 aliphatic heterocycles. The molecule has 4 nitrogen and oxygen atoms in total. The topological polar surface area (TPSA) is 41.0 Å². The molecule has 0 saturated heterocycles. The minimum absolute atomic E-state index is 0.561. The van der Waals surface area contributed by atoms with Crippen molar-refractivity contribution >= 4 is 17.5 Å². The lowest BCUT2D eigenvalue weighted by Crippen LogP contribution is -2.28. The fourth-order valence-corrected chi connectivity index (χ4v) is 0.980. The van der Waals surface area contributed by atoms with Gasteiger partial charge in [0.15, 0.2) is 0 Å². The molecule has 0 unspecified atom stereocenters. The maximum Gasteiger partial charge on any atom is 0.225 e. The highest BCUT2D eigenvalue weighted by Gasteiger charge is 2.01. The fraction of sp³-hybridized carbons (Fsp3) is 0.500. The van der Waals surface area contributed by atoms with Crippen molar-refractivity contribution in [1.29, 1.82) is 0 Å². The zero-order chi connectivity index (χ0) is 9.68. The Morgan fingerprint density at radius 3 is 2.62 bits per heavy atom. The average Bonchev–Trinajstić information content (AvgIpc) is 2.15. The second-order valence-corrected chi connectivity index (χ2v) is 3.16. The van der Waals surface area contributed by atoms with E-state index in [1.165, 1.54) is 0 Å². The Hall–Kier alpha value is -0.870. The summed E-state index contributed by atoms with van der Waals surface area (Å²) < 4.78 is 0. The summed E-state index contributed by atoms with van der Waals surface area (Å²) in [5, 5.41) is 3.62. The quantitative estimate of drug-likeness (QED) is 0.780. The monoisotopic (exact) mass is 200 g/mol. The Morgan fingerprint density at radius 2 is 2.08 bits per heavy atom. The largest absolute Gasteiger partial charge is 0.343 e. The molecule has 0 radical (unpaired) electrons. The number of nitrogens with zero attached hydrogens (tertiary/aromatic N) is 3. The summed E-state index contributed by atoms with van der Waals surface area (Å²) in [5.74, 6) is 0.694. The highest BCUT2D eigenvalue weighted by Crippen LogP contribution is 2.07. The van der Waals surface area contributed by atoms with Gasteiger partial charge in [-0.05, 0) is 7.05 Å². The zero-order valence-corrected chi connectivity index (χ0v) is 8.54. The van der Waals surface area contributed by atoms with E-state index in [1.54, 1.807) is 12.4 Å². The number of hydrogen-bond donors (Lipinski definition) is 1. The van der Waals surface area contributed by atoms with Gasteiger partial charge in [-0.3, -0.25) is 0 Å². The van der Waals surface area contributed by atoms with Gasteiger partial charge < -0.3 is 10.2 Å². The van der Waals surface area contributed by atoms with E-state index in [4.69, 9.17) is 11.6 Å². The van der Waals surface area contributed by atoms with E-state index in [0.717, 1.165) is 13.1 Å². The van der Waals surface area contributed by atoms with Gasteiger partial charge in [0.2, 0.25) is 5.95 Å². The van der Waals surface area contributed by atoms with Crippen LogP contribution in [0.3, 0.4) is 0 Å². The summed E-state index contributed by atoms with van der Waals surface area (Å²) in [6.45, 7) is 1.78. The van der Waals surface area contributed by atoms with Gasteiger partial charge >= 0.3 is 0 Å². The highest BCUT2D eigenvalue weighted by atomic mass is 35.5. The summed E-state index contributed by atoms with van der Waals surface area (Å²) in [6, 6.07) is 0. The molecule has 13 heavy (non-hydrogen) atoms. The van der Waals surface area contributed by atoms with Gasteiger partial charge in [0.05, 0.1) is 17.4 Å². The van der Waals surface area contributed by atoms with Gasteiger partial charge in [-0.15, -0.1) is 0 Å². The van der Waals surface area contributed by atoms with Crippen LogP contribution in [0, 0.1) is 0 Å². The minimum atomic E-state index is 0.561. The Labute approximate surface area is 82.9 Å². The second kappa shape index (κ2) is 4.99. The summed E-state index contributed by atoms with van der Waals surface area (Å²) in [7, 11) is 3.86. The molecule has 1 rings (SSSR count). The second-order valence-electron chi connectivity index (χ2n) is 2.73. The minimum Gasteiger partial charge on any atom is -0.343 e. The van der Waals surface area contributed by atoms with Crippen molar-refractivity contribution in [2.45, 2.75) is 0 Å². The van der Waals surface area contributed by atoms with Gasteiger partial charge in [-0.1, -0.05) is 11.6 Å². The average molecular weight is 201 g/mol. The van der Waals surface area contributed by atoms with Crippen molar-refractivity contribution in [3.05, 3.63) is 17.4 Å². The molecule has 1 aromatic rings. The molecule has 1 N–H and O–H groups in total. The number of hydrogen-bond acceptors (Lipinski definition) is 4. The van der Waals surface area contributed by atoms with Crippen LogP contribution in [0.4, 0.5) is 5.95 Å². The van der Waals surface area contributed by atoms with E-state index in [9.17, 15) is 0 Å². The fourth-order valence-electron chi connectivity index (χ4n) is 0.882. The molecule has 72 valence electrons. The Kier molecular flexibility index (Phi) is 3.92. The molecule has 0 atom stereocenters. The van der Waals surface area contributed by atoms with Gasteiger partial charge in [-0.2, -0.15) is 0 Å². The van der Waals surface area contributed by atoms with Gasteiger partial charge in [0, 0.05) is 20.1 Å². The molecule has 5 heteroatoms. The smallest absolute Gasteiger partial charge is 0.225 e. The molecule has 0 aliphatic carbocycles. The molecular formula is C8H13ClN4. The Morgan fingerprint density at radius 1 is 1.46 bits per heavy atom. The molecule has 1 aromatic heterocycles. The third-order valence-electron chi connectivity index (χ3n) is 1.65. The lowest BCUT2D eigenvalue weighted by Gasteiger charge is -2.15. The Bertz CT molecular complexity index is 249. The van der Waals surface area contributed by atoms with E-state index >= 15 is 0 Å². The first-order chi connectivity index (χ1) is 6.24. The lowest BCUT2D eigenvalue weighted by atomic mass is 10.5. The lowest BCUT2D eigenvalue weighted by molar-refractivity contribution is 0.753. The molecule has 0 fully saturated rings. The molecule has 0 bridgehead atoms. The summed E-state index contributed by atoms with van der Waals surface area (Å²) in [5.41, 5.74) is 0. The van der Waals surface area contributed by atoms with E-state index in [2.05, 4.69) is 15.3 Å². The predicted octanol–water partition coefficient (Wildman–Crippen LogP) is 0.786. The Balaban J connectivity index is 2.55. The zero-order valence-electron chi connectivity index (χ0n) is 7.79. The molecule has 0 spiro atoms.